The molecule has 0 aliphatic rings. The maximum atomic E-state index is 11.3. The van der Waals surface area contributed by atoms with E-state index in [0.29, 0.717) is 26.4 Å². The molecule has 7 heteroatoms. The van der Waals surface area contributed by atoms with E-state index in [1.807, 2.05) is 0 Å². The Balaban J connectivity index is 3.32. The Morgan fingerprint density at radius 2 is 1.73 bits per heavy atom. The van der Waals surface area contributed by atoms with Gasteiger partial charge in [-0.25, -0.2) is 4.79 Å². The highest BCUT2D eigenvalue weighted by molar-refractivity contribution is 5.69. The van der Waals surface area contributed by atoms with Crippen molar-refractivity contribution >= 4 is 12.1 Å². The third kappa shape index (κ3) is 14.8. The average molecular weight is 317 g/mol. The van der Waals surface area contributed by atoms with E-state index >= 15 is 0 Å². The topological polar surface area (TPSA) is 83.1 Å². The van der Waals surface area contributed by atoms with Crippen molar-refractivity contribution in [2.45, 2.75) is 32.8 Å². The first-order chi connectivity index (χ1) is 10.3. The van der Waals surface area contributed by atoms with Crippen LogP contribution in [0.15, 0.2) is 12.7 Å². The van der Waals surface area contributed by atoms with Crippen molar-refractivity contribution in [1.82, 2.24) is 5.32 Å². The lowest BCUT2D eigenvalue weighted by atomic mass is 10.2. The molecule has 0 aromatic heterocycles. The number of carbonyl (C=O) groups is 2. The van der Waals surface area contributed by atoms with Gasteiger partial charge in [0.1, 0.15) is 12.2 Å². The fraction of sp³-hybridized carbons (Fsp3) is 0.733. The normalized spacial score (nSPS) is 10.9. The summed E-state index contributed by atoms with van der Waals surface area (Å²) >= 11 is 0. The minimum Gasteiger partial charge on any atom is -0.461 e. The molecule has 0 radical (unpaired) electrons. The summed E-state index contributed by atoms with van der Waals surface area (Å²) in [5.41, 5.74) is -0.508. The molecule has 0 heterocycles. The molecule has 0 bridgehead atoms. The first-order valence-corrected chi connectivity index (χ1v) is 7.24. The van der Waals surface area contributed by atoms with Crippen molar-refractivity contribution in [1.29, 1.82) is 0 Å². The van der Waals surface area contributed by atoms with Gasteiger partial charge in [0.25, 0.3) is 0 Å². The first kappa shape index (κ1) is 20.4. The summed E-state index contributed by atoms with van der Waals surface area (Å²) in [6.07, 6.45) is 1.25. The predicted octanol–water partition coefficient (Wildman–Crippen LogP) is 1.66. The first-order valence-electron chi connectivity index (χ1n) is 7.24. The Bertz CT molecular complexity index is 337. The van der Waals surface area contributed by atoms with E-state index in [9.17, 15) is 9.59 Å². The van der Waals surface area contributed by atoms with Crippen LogP contribution in [0.2, 0.25) is 0 Å². The van der Waals surface area contributed by atoms with Crippen molar-refractivity contribution in [3.63, 3.8) is 0 Å². The van der Waals surface area contributed by atoms with Gasteiger partial charge in [-0.2, -0.15) is 0 Å². The van der Waals surface area contributed by atoms with E-state index in [-0.39, 0.29) is 25.6 Å². The summed E-state index contributed by atoms with van der Waals surface area (Å²) < 4.78 is 20.3. The fourth-order valence-corrected chi connectivity index (χ4v) is 1.24. The van der Waals surface area contributed by atoms with E-state index in [0.717, 1.165) is 0 Å². The largest absolute Gasteiger partial charge is 0.461 e. The lowest BCUT2D eigenvalue weighted by Gasteiger charge is -2.19. The summed E-state index contributed by atoms with van der Waals surface area (Å²) in [7, 11) is 0. The number of rotatable bonds is 11. The standard InChI is InChI=1S/C15H27NO6/c1-5-8-21-13(17)6-9-19-11-12-20-10-7-16-14(18)22-15(2,3)4/h5H,1,6-12H2,2-4H3,(H,16,18). The van der Waals surface area contributed by atoms with Crippen molar-refractivity contribution in [2.24, 2.45) is 0 Å². The maximum Gasteiger partial charge on any atom is 0.407 e. The third-order valence-corrected chi connectivity index (χ3v) is 2.10. The number of nitrogens with one attached hydrogen (secondary N) is 1. The summed E-state index contributed by atoms with van der Waals surface area (Å²) in [6.45, 7) is 10.8. The highest BCUT2D eigenvalue weighted by Gasteiger charge is 2.15. The second-order valence-corrected chi connectivity index (χ2v) is 5.38. The van der Waals surface area contributed by atoms with Crippen molar-refractivity contribution in [2.75, 3.05) is 39.6 Å². The molecule has 0 atom stereocenters. The van der Waals surface area contributed by atoms with Gasteiger partial charge in [0.15, 0.2) is 0 Å². The Kier molecular flexibility index (Phi) is 11.1. The third-order valence-electron chi connectivity index (χ3n) is 2.10. The molecule has 0 fully saturated rings. The molecule has 7 nitrogen and oxygen atoms in total. The summed E-state index contributed by atoms with van der Waals surface area (Å²) in [5, 5.41) is 2.58. The summed E-state index contributed by atoms with van der Waals surface area (Å²) in [4.78, 5) is 22.4. The van der Waals surface area contributed by atoms with Gasteiger partial charge in [-0.1, -0.05) is 12.7 Å². The van der Waals surface area contributed by atoms with Crippen molar-refractivity contribution in [3.8, 4) is 0 Å². The second-order valence-electron chi connectivity index (χ2n) is 5.38. The van der Waals surface area contributed by atoms with Crippen LogP contribution < -0.4 is 5.32 Å². The molecule has 0 rings (SSSR count). The number of hydrogen-bond acceptors (Lipinski definition) is 6. The van der Waals surface area contributed by atoms with Crippen LogP contribution in [-0.2, 0) is 23.7 Å². The summed E-state index contributed by atoms with van der Waals surface area (Å²) in [5.74, 6) is -0.317. The minimum atomic E-state index is -0.508. The Hall–Kier alpha value is -1.60. The van der Waals surface area contributed by atoms with Gasteiger partial charge in [-0.3, -0.25) is 4.79 Å². The molecule has 1 amide bonds. The monoisotopic (exact) mass is 317 g/mol. The Morgan fingerprint density at radius 1 is 1.09 bits per heavy atom. The number of ether oxygens (including phenoxy) is 4. The van der Waals surface area contributed by atoms with Crippen LogP contribution in [0.3, 0.4) is 0 Å². The zero-order valence-corrected chi connectivity index (χ0v) is 13.7. The maximum absolute atomic E-state index is 11.3. The van der Waals surface area contributed by atoms with E-state index in [4.69, 9.17) is 18.9 Å². The molecule has 0 spiro atoms. The SMILES string of the molecule is C=CCOC(=O)CCOCCOCCNC(=O)OC(C)(C)C. The van der Waals surface area contributed by atoms with Crippen LogP contribution >= 0.6 is 0 Å². The van der Waals surface area contributed by atoms with Crippen LogP contribution in [0.25, 0.3) is 0 Å². The van der Waals surface area contributed by atoms with Gasteiger partial charge in [0, 0.05) is 6.54 Å². The molecule has 0 aromatic rings. The molecular weight excluding hydrogens is 290 g/mol. The van der Waals surface area contributed by atoms with Gasteiger partial charge in [-0.05, 0) is 20.8 Å². The van der Waals surface area contributed by atoms with Crippen LogP contribution in [0.1, 0.15) is 27.2 Å². The smallest absolute Gasteiger partial charge is 0.407 e. The molecule has 1 N–H and O–H groups in total. The van der Waals surface area contributed by atoms with Gasteiger partial charge >= 0.3 is 12.1 Å². The lowest BCUT2D eigenvalue weighted by Crippen LogP contribution is -2.34. The molecule has 0 aliphatic heterocycles. The molecule has 128 valence electrons. The van der Waals surface area contributed by atoms with E-state index < -0.39 is 11.7 Å². The van der Waals surface area contributed by atoms with Crippen LogP contribution in [0.4, 0.5) is 4.79 Å². The quantitative estimate of drug-likeness (QED) is 0.354. The minimum absolute atomic E-state index is 0.202. The highest BCUT2D eigenvalue weighted by atomic mass is 16.6. The average Bonchev–Trinajstić information content (AvgIpc) is 2.41. The Labute approximate surface area is 131 Å². The van der Waals surface area contributed by atoms with Crippen molar-refractivity contribution < 1.29 is 28.5 Å². The van der Waals surface area contributed by atoms with Crippen molar-refractivity contribution in [3.05, 3.63) is 12.7 Å². The van der Waals surface area contributed by atoms with Crippen LogP contribution in [-0.4, -0.2) is 57.2 Å². The number of alkyl carbamates (subject to hydrolysis) is 1. The van der Waals surface area contributed by atoms with E-state index in [1.165, 1.54) is 6.08 Å². The van der Waals surface area contributed by atoms with Gasteiger partial charge in [-0.15, -0.1) is 0 Å². The number of carbonyl (C=O) groups excluding carboxylic acids is 2. The molecular formula is C15H27NO6. The van der Waals surface area contributed by atoms with Gasteiger partial charge in [0.2, 0.25) is 0 Å². The highest BCUT2D eigenvalue weighted by Crippen LogP contribution is 2.05. The van der Waals surface area contributed by atoms with E-state index in [1.54, 1.807) is 20.8 Å². The number of amides is 1. The Morgan fingerprint density at radius 3 is 2.32 bits per heavy atom. The number of esters is 1. The summed E-state index contributed by atoms with van der Waals surface area (Å²) in [6, 6.07) is 0. The molecule has 22 heavy (non-hydrogen) atoms. The van der Waals surface area contributed by atoms with Gasteiger partial charge < -0.3 is 24.3 Å². The molecule has 0 saturated heterocycles. The fourth-order valence-electron chi connectivity index (χ4n) is 1.24. The lowest BCUT2D eigenvalue weighted by molar-refractivity contribution is -0.143. The molecule has 0 aliphatic carbocycles. The molecule has 0 unspecified atom stereocenters. The zero-order chi connectivity index (χ0) is 16.8. The number of hydrogen-bond donors (Lipinski definition) is 1. The van der Waals surface area contributed by atoms with Crippen LogP contribution in [0.5, 0.6) is 0 Å². The predicted molar refractivity (Wildman–Crippen MR) is 81.6 cm³/mol. The zero-order valence-electron chi connectivity index (χ0n) is 13.7. The van der Waals surface area contributed by atoms with E-state index in [2.05, 4.69) is 11.9 Å². The van der Waals surface area contributed by atoms with Gasteiger partial charge in [0.05, 0.1) is 32.8 Å². The van der Waals surface area contributed by atoms with Crippen LogP contribution in [0, 0.1) is 0 Å². The molecule has 0 aromatic carbocycles. The molecule has 0 saturated carbocycles. The second kappa shape index (κ2) is 12.0.